The van der Waals surface area contributed by atoms with E-state index >= 15 is 0 Å². The van der Waals surface area contributed by atoms with Crippen LogP contribution >= 0.6 is 11.8 Å². The molecule has 0 fully saturated rings. The largest absolute Gasteiger partial charge is 0.272 e. The van der Waals surface area contributed by atoms with Crippen LogP contribution in [0.4, 0.5) is 0 Å². The van der Waals surface area contributed by atoms with Crippen LogP contribution in [0, 0.1) is 5.41 Å². The second-order valence-electron chi connectivity index (χ2n) is 5.34. The minimum Gasteiger partial charge on any atom is -0.272 e. The molecule has 0 aromatic carbocycles. The van der Waals surface area contributed by atoms with Crippen LogP contribution in [-0.4, -0.2) is 28.5 Å². The molecule has 1 heterocycles. The van der Waals surface area contributed by atoms with Gasteiger partial charge in [0.1, 0.15) is 12.5 Å². The second-order valence-corrected chi connectivity index (χ2v) is 5.73. The third kappa shape index (κ3) is 3.90. The van der Waals surface area contributed by atoms with Gasteiger partial charge in [-0.2, -0.15) is 5.10 Å². The highest BCUT2D eigenvalue weighted by Crippen LogP contribution is 2.28. The topological polar surface area (TPSA) is 18.8 Å². The molecule has 4 heteroatoms. The van der Waals surface area contributed by atoms with Gasteiger partial charge in [0.25, 0.3) is 0 Å². The summed E-state index contributed by atoms with van der Waals surface area (Å²) < 4.78 is 1.70. The number of hydrazone groups is 1. The van der Waals surface area contributed by atoms with Crippen molar-refractivity contribution in [3.05, 3.63) is 0 Å². The summed E-state index contributed by atoms with van der Waals surface area (Å²) in [6.45, 7) is 9.88. The Kier molecular flexibility index (Phi) is 4.26. The Morgan fingerprint density at radius 1 is 1.40 bits per heavy atom. The van der Waals surface area contributed by atoms with Gasteiger partial charge in [-0.25, -0.2) is 4.42 Å². The number of hydrogen-bond acceptors (Lipinski definition) is 3. The van der Waals surface area contributed by atoms with Gasteiger partial charge in [0, 0.05) is 18.3 Å². The number of rotatable bonds is 4. The van der Waals surface area contributed by atoms with Crippen molar-refractivity contribution in [1.82, 2.24) is 9.43 Å². The lowest BCUT2D eigenvalue weighted by atomic mass is 9.90. The molecule has 0 aromatic heterocycles. The van der Waals surface area contributed by atoms with Gasteiger partial charge in [0.15, 0.2) is 0 Å². The van der Waals surface area contributed by atoms with Crippen LogP contribution in [0.3, 0.4) is 0 Å². The van der Waals surface area contributed by atoms with Gasteiger partial charge in [0.05, 0.1) is 0 Å². The van der Waals surface area contributed by atoms with Gasteiger partial charge in [0.2, 0.25) is 0 Å². The Hall–Kier alpha value is -0.440. The molecule has 1 unspecified atom stereocenters. The van der Waals surface area contributed by atoms with Crippen molar-refractivity contribution in [3.8, 4) is 0 Å². The van der Waals surface area contributed by atoms with Gasteiger partial charge in [-0.3, -0.25) is 5.01 Å². The molecule has 1 atom stereocenters. The monoisotopic (exact) mass is 231 g/mol. The lowest BCUT2D eigenvalue weighted by Crippen LogP contribution is -2.38. The van der Waals surface area contributed by atoms with E-state index in [1.165, 1.54) is 12.8 Å². The first-order valence-corrected chi connectivity index (χ1v) is 6.03. The first kappa shape index (κ1) is 12.6. The van der Waals surface area contributed by atoms with Gasteiger partial charge in [-0.05, 0) is 18.3 Å². The Balaban J connectivity index is 2.52. The first-order valence-electron chi connectivity index (χ1n) is 5.69. The summed E-state index contributed by atoms with van der Waals surface area (Å²) in [7, 11) is 0. The Labute approximate surface area is 98.2 Å². The molecular weight excluding hydrogens is 210 g/mol. The van der Waals surface area contributed by atoms with Crippen LogP contribution in [-0.2, 0) is 0 Å². The summed E-state index contributed by atoms with van der Waals surface area (Å²) in [6, 6.07) is 0. The maximum atomic E-state index is 6.10. The van der Waals surface area contributed by atoms with Crippen LogP contribution in [0.1, 0.15) is 47.0 Å². The smallest absolute Gasteiger partial charge is 0.135 e. The molecule has 0 amide bonds. The highest BCUT2D eigenvalue weighted by molar-refractivity contribution is 6.19. The van der Waals surface area contributed by atoms with Crippen molar-refractivity contribution < 1.29 is 0 Å². The van der Waals surface area contributed by atoms with E-state index in [0.717, 1.165) is 13.0 Å². The molecule has 15 heavy (non-hydrogen) atoms. The molecule has 0 saturated heterocycles. The van der Waals surface area contributed by atoms with Crippen molar-refractivity contribution in [2.75, 3.05) is 6.54 Å². The molecule has 3 nitrogen and oxygen atoms in total. The molecule has 0 spiro atoms. The van der Waals surface area contributed by atoms with Gasteiger partial charge < -0.3 is 0 Å². The Bertz CT molecular complexity index is 222. The third-order valence-corrected chi connectivity index (χ3v) is 2.79. The standard InChI is InChI=1S/C11H22ClN3/c1-5-6-7-15-10(8-11(2,3)4)14(12)9-13-15/h9-10H,5-8H2,1-4H3. The van der Waals surface area contributed by atoms with E-state index in [4.69, 9.17) is 11.8 Å². The van der Waals surface area contributed by atoms with Crippen LogP contribution in [0.5, 0.6) is 0 Å². The van der Waals surface area contributed by atoms with E-state index in [9.17, 15) is 0 Å². The van der Waals surface area contributed by atoms with E-state index in [-0.39, 0.29) is 11.6 Å². The average Bonchev–Trinajstić information content (AvgIpc) is 2.43. The van der Waals surface area contributed by atoms with Crippen molar-refractivity contribution in [1.29, 1.82) is 0 Å². The zero-order valence-electron chi connectivity index (χ0n) is 10.2. The van der Waals surface area contributed by atoms with Crippen LogP contribution < -0.4 is 0 Å². The van der Waals surface area contributed by atoms with Gasteiger partial charge in [-0.15, -0.1) is 0 Å². The van der Waals surface area contributed by atoms with E-state index in [2.05, 4.69) is 37.8 Å². The predicted octanol–water partition coefficient (Wildman–Crippen LogP) is 3.26. The number of halogens is 1. The fraction of sp³-hybridized carbons (Fsp3) is 0.909. The summed E-state index contributed by atoms with van der Waals surface area (Å²) in [5, 5.41) is 6.42. The predicted molar refractivity (Wildman–Crippen MR) is 65.7 cm³/mol. The maximum Gasteiger partial charge on any atom is 0.135 e. The summed E-state index contributed by atoms with van der Waals surface area (Å²) in [6.07, 6.45) is 5.32. The summed E-state index contributed by atoms with van der Waals surface area (Å²) in [5.74, 6) is 0. The first-order chi connectivity index (χ1) is 6.94. The molecule has 0 saturated carbocycles. The Morgan fingerprint density at radius 2 is 2.07 bits per heavy atom. The van der Waals surface area contributed by atoms with Crippen molar-refractivity contribution in [2.45, 2.75) is 53.1 Å². The van der Waals surface area contributed by atoms with Gasteiger partial charge in [-0.1, -0.05) is 34.1 Å². The zero-order chi connectivity index (χ0) is 11.5. The molecular formula is C11H22ClN3. The number of nitrogens with zero attached hydrogens (tertiary/aromatic N) is 3. The molecule has 0 aromatic rings. The van der Waals surface area contributed by atoms with E-state index < -0.39 is 0 Å². The SMILES string of the molecule is CCCCN1N=CN(Cl)C1CC(C)(C)C. The van der Waals surface area contributed by atoms with E-state index in [1.54, 1.807) is 10.8 Å². The number of unbranched alkanes of at least 4 members (excludes halogenated alkanes) is 1. The van der Waals surface area contributed by atoms with Crippen molar-refractivity contribution in [2.24, 2.45) is 10.5 Å². The quantitative estimate of drug-likeness (QED) is 0.692. The van der Waals surface area contributed by atoms with Crippen LogP contribution in [0.25, 0.3) is 0 Å². The summed E-state index contributed by atoms with van der Waals surface area (Å²) >= 11 is 6.10. The molecule has 1 rings (SSSR count). The van der Waals surface area contributed by atoms with Crippen molar-refractivity contribution >= 4 is 18.1 Å². The molecule has 0 bridgehead atoms. The molecule has 1 aliphatic rings. The maximum absolute atomic E-state index is 6.10. The second kappa shape index (κ2) is 5.06. The van der Waals surface area contributed by atoms with Gasteiger partial charge >= 0.3 is 0 Å². The summed E-state index contributed by atoms with van der Waals surface area (Å²) in [4.78, 5) is 0. The van der Waals surface area contributed by atoms with E-state index in [1.807, 2.05) is 0 Å². The Morgan fingerprint density at radius 3 is 2.60 bits per heavy atom. The third-order valence-electron chi connectivity index (χ3n) is 2.47. The molecule has 0 N–H and O–H groups in total. The number of hydrogen-bond donors (Lipinski definition) is 0. The lowest BCUT2D eigenvalue weighted by molar-refractivity contribution is 0.124. The minimum absolute atomic E-state index is 0.221. The average molecular weight is 232 g/mol. The van der Waals surface area contributed by atoms with Crippen LogP contribution in [0.2, 0.25) is 0 Å². The highest BCUT2D eigenvalue weighted by atomic mass is 35.5. The fourth-order valence-electron chi connectivity index (χ4n) is 1.66. The van der Waals surface area contributed by atoms with Crippen LogP contribution in [0.15, 0.2) is 5.10 Å². The fourth-order valence-corrected chi connectivity index (χ4v) is 1.87. The highest BCUT2D eigenvalue weighted by Gasteiger charge is 2.30. The van der Waals surface area contributed by atoms with Crippen molar-refractivity contribution in [3.63, 3.8) is 0 Å². The molecule has 0 aliphatic carbocycles. The normalized spacial score (nSPS) is 21.5. The van der Waals surface area contributed by atoms with E-state index in [0.29, 0.717) is 0 Å². The minimum atomic E-state index is 0.221. The molecule has 1 aliphatic heterocycles. The summed E-state index contributed by atoms with van der Waals surface area (Å²) in [5.41, 5.74) is 0.274. The lowest BCUT2D eigenvalue weighted by Gasteiger charge is -2.31. The molecule has 88 valence electrons. The zero-order valence-corrected chi connectivity index (χ0v) is 11.0. The molecule has 0 radical (unpaired) electrons.